The fraction of sp³-hybridized carbons (Fsp3) is 0.130. The molecule has 2 N–H and O–H groups in total. The van der Waals surface area contributed by atoms with Gasteiger partial charge in [-0.1, -0.05) is 78.4 Å². The molecule has 0 fully saturated rings. The summed E-state index contributed by atoms with van der Waals surface area (Å²) < 4.78 is 26.8. The van der Waals surface area contributed by atoms with Crippen molar-refractivity contribution in [3.8, 4) is 0 Å². The van der Waals surface area contributed by atoms with Crippen LogP contribution in [0, 0.1) is 6.92 Å². The van der Waals surface area contributed by atoms with Crippen LogP contribution >= 0.6 is 0 Å². The lowest BCUT2D eigenvalue weighted by atomic mass is 10.0. The highest BCUT2D eigenvalue weighted by molar-refractivity contribution is 7.89. The first-order valence-corrected chi connectivity index (χ1v) is 10.9. The molecule has 1 amide bonds. The Hall–Kier alpha value is -3.29. The van der Waals surface area contributed by atoms with Gasteiger partial charge in [0, 0.05) is 6.42 Å². The minimum Gasteiger partial charge on any atom is -0.272 e. The van der Waals surface area contributed by atoms with Crippen molar-refractivity contribution in [1.29, 1.82) is 0 Å². The number of hydrogen-bond acceptors (Lipinski definition) is 4. The number of hydrazone groups is 1. The standard InChI is InChI=1S/C23H23N3O3S/c1-18-12-14-20(15-13-18)22(16-19-8-4-2-5-9-19)25-26-23(27)17-24-30(28,29)21-10-6-3-7-11-21/h2-15,24H,16-17H2,1H3,(H,26,27)/b25-22+. The normalized spacial score (nSPS) is 11.8. The highest BCUT2D eigenvalue weighted by Gasteiger charge is 2.15. The van der Waals surface area contributed by atoms with Crippen molar-refractivity contribution < 1.29 is 13.2 Å². The average Bonchev–Trinajstić information content (AvgIpc) is 2.77. The van der Waals surface area contributed by atoms with E-state index in [1.54, 1.807) is 18.2 Å². The Morgan fingerprint density at radius 2 is 1.47 bits per heavy atom. The molecule has 0 radical (unpaired) electrons. The van der Waals surface area contributed by atoms with E-state index in [9.17, 15) is 13.2 Å². The van der Waals surface area contributed by atoms with E-state index in [4.69, 9.17) is 0 Å². The predicted octanol–water partition coefficient (Wildman–Crippen LogP) is 3.04. The van der Waals surface area contributed by atoms with E-state index in [0.29, 0.717) is 12.1 Å². The molecule has 0 aromatic heterocycles. The van der Waals surface area contributed by atoms with Gasteiger partial charge in [0.05, 0.1) is 17.2 Å². The van der Waals surface area contributed by atoms with Crippen LogP contribution in [0.25, 0.3) is 0 Å². The summed E-state index contributed by atoms with van der Waals surface area (Å²) in [5.74, 6) is -0.549. The summed E-state index contributed by atoms with van der Waals surface area (Å²) in [4.78, 5) is 12.3. The summed E-state index contributed by atoms with van der Waals surface area (Å²) in [6.45, 7) is 1.59. The van der Waals surface area contributed by atoms with Crippen LogP contribution in [0.3, 0.4) is 0 Å². The zero-order valence-corrected chi connectivity index (χ0v) is 17.4. The van der Waals surface area contributed by atoms with Crippen molar-refractivity contribution in [1.82, 2.24) is 10.1 Å². The lowest BCUT2D eigenvalue weighted by Gasteiger charge is -2.09. The summed E-state index contributed by atoms with van der Waals surface area (Å²) in [6, 6.07) is 25.5. The molecule has 3 aromatic carbocycles. The van der Waals surface area contributed by atoms with Crippen molar-refractivity contribution in [2.24, 2.45) is 5.10 Å². The van der Waals surface area contributed by atoms with Crippen molar-refractivity contribution in [2.75, 3.05) is 6.54 Å². The largest absolute Gasteiger partial charge is 0.272 e. The maximum atomic E-state index is 12.2. The van der Waals surface area contributed by atoms with E-state index >= 15 is 0 Å². The van der Waals surface area contributed by atoms with Crippen LogP contribution in [0.1, 0.15) is 16.7 Å². The van der Waals surface area contributed by atoms with Gasteiger partial charge in [0.2, 0.25) is 10.0 Å². The molecule has 0 saturated carbocycles. The van der Waals surface area contributed by atoms with E-state index in [1.165, 1.54) is 12.1 Å². The highest BCUT2D eigenvalue weighted by Crippen LogP contribution is 2.10. The number of aryl methyl sites for hydroxylation is 1. The monoisotopic (exact) mass is 421 g/mol. The third-order valence-electron chi connectivity index (χ3n) is 4.39. The number of nitrogens with zero attached hydrogens (tertiary/aromatic N) is 1. The predicted molar refractivity (Wildman–Crippen MR) is 118 cm³/mol. The highest BCUT2D eigenvalue weighted by atomic mass is 32.2. The first-order chi connectivity index (χ1) is 14.4. The second-order valence-corrected chi connectivity index (χ2v) is 8.53. The van der Waals surface area contributed by atoms with Gasteiger partial charge in [-0.2, -0.15) is 5.10 Å². The molecule has 0 saturated heterocycles. The molecule has 154 valence electrons. The number of benzene rings is 3. The molecule has 0 unspecified atom stereocenters. The lowest BCUT2D eigenvalue weighted by molar-refractivity contribution is -0.119. The van der Waals surface area contributed by atoms with Crippen LogP contribution in [0.4, 0.5) is 0 Å². The van der Waals surface area contributed by atoms with Gasteiger partial charge in [-0.15, -0.1) is 0 Å². The lowest BCUT2D eigenvalue weighted by Crippen LogP contribution is -2.35. The van der Waals surface area contributed by atoms with E-state index < -0.39 is 22.5 Å². The van der Waals surface area contributed by atoms with Gasteiger partial charge < -0.3 is 0 Å². The molecule has 0 heterocycles. The Bertz CT molecular complexity index is 1110. The smallest absolute Gasteiger partial charge is 0.255 e. The molecule has 0 aliphatic carbocycles. The van der Waals surface area contributed by atoms with E-state index in [1.807, 2.05) is 61.5 Å². The van der Waals surface area contributed by atoms with Gasteiger partial charge >= 0.3 is 0 Å². The number of carbonyl (C=O) groups is 1. The van der Waals surface area contributed by atoms with Crippen molar-refractivity contribution in [2.45, 2.75) is 18.2 Å². The quantitative estimate of drug-likeness (QED) is 0.433. The first kappa shape index (κ1) is 21.4. The Labute approximate surface area is 176 Å². The Balaban J connectivity index is 1.70. The molecule has 30 heavy (non-hydrogen) atoms. The number of sulfonamides is 1. The van der Waals surface area contributed by atoms with E-state index in [0.717, 1.165) is 16.7 Å². The summed E-state index contributed by atoms with van der Waals surface area (Å²) in [7, 11) is -3.76. The fourth-order valence-electron chi connectivity index (χ4n) is 2.75. The number of carbonyl (C=O) groups excluding carboxylic acids is 1. The van der Waals surface area contributed by atoms with Gasteiger partial charge in [0.1, 0.15) is 0 Å². The topological polar surface area (TPSA) is 87.6 Å². The third kappa shape index (κ3) is 6.10. The van der Waals surface area contributed by atoms with Crippen molar-refractivity contribution >= 4 is 21.6 Å². The maximum Gasteiger partial charge on any atom is 0.255 e. The third-order valence-corrected chi connectivity index (χ3v) is 5.81. The molecule has 0 bridgehead atoms. The Morgan fingerprint density at radius 3 is 2.10 bits per heavy atom. The zero-order valence-electron chi connectivity index (χ0n) is 16.6. The van der Waals surface area contributed by atoms with Gasteiger partial charge in [0.15, 0.2) is 0 Å². The molecule has 6 nitrogen and oxygen atoms in total. The van der Waals surface area contributed by atoms with Crippen LogP contribution in [0.2, 0.25) is 0 Å². The van der Waals surface area contributed by atoms with E-state index in [-0.39, 0.29) is 4.90 Å². The molecule has 7 heteroatoms. The fourth-order valence-corrected chi connectivity index (χ4v) is 3.76. The second kappa shape index (κ2) is 9.96. The number of nitrogens with one attached hydrogen (secondary N) is 2. The van der Waals surface area contributed by atoms with Gasteiger partial charge in [-0.3, -0.25) is 4.79 Å². The van der Waals surface area contributed by atoms with Crippen molar-refractivity contribution in [3.05, 3.63) is 102 Å². The molecule has 0 atom stereocenters. The van der Waals surface area contributed by atoms with Crippen molar-refractivity contribution in [3.63, 3.8) is 0 Å². The average molecular weight is 422 g/mol. The van der Waals surface area contributed by atoms with E-state index in [2.05, 4.69) is 15.2 Å². The van der Waals surface area contributed by atoms with Crippen LogP contribution in [-0.4, -0.2) is 26.6 Å². The maximum absolute atomic E-state index is 12.2. The molecule has 0 aliphatic heterocycles. The Kier molecular flexibility index (Phi) is 7.11. The SMILES string of the molecule is Cc1ccc(/C(Cc2ccccc2)=N/NC(=O)CNS(=O)(=O)c2ccccc2)cc1. The molecule has 3 aromatic rings. The molecule has 0 spiro atoms. The molecular formula is C23H23N3O3S. The summed E-state index contributed by atoms with van der Waals surface area (Å²) in [6.07, 6.45) is 0.528. The first-order valence-electron chi connectivity index (χ1n) is 9.45. The van der Waals surface area contributed by atoms with Crippen LogP contribution in [0.15, 0.2) is 94.9 Å². The van der Waals surface area contributed by atoms with Gasteiger partial charge in [0.25, 0.3) is 5.91 Å². The van der Waals surface area contributed by atoms with Crippen LogP contribution in [0.5, 0.6) is 0 Å². The van der Waals surface area contributed by atoms with Gasteiger partial charge in [-0.05, 0) is 30.2 Å². The van der Waals surface area contributed by atoms with Gasteiger partial charge in [-0.25, -0.2) is 18.6 Å². The van der Waals surface area contributed by atoms with Crippen LogP contribution in [-0.2, 0) is 21.2 Å². The summed E-state index contributed by atoms with van der Waals surface area (Å²) in [5.41, 5.74) is 6.20. The second-order valence-electron chi connectivity index (χ2n) is 6.76. The van der Waals surface area contributed by atoms with Crippen LogP contribution < -0.4 is 10.1 Å². The minimum absolute atomic E-state index is 0.103. The Morgan fingerprint density at radius 1 is 0.867 bits per heavy atom. The number of hydrogen-bond donors (Lipinski definition) is 2. The molecule has 3 rings (SSSR count). The molecular weight excluding hydrogens is 398 g/mol. The molecule has 0 aliphatic rings. The zero-order chi connectivity index (χ0) is 21.4. The minimum atomic E-state index is -3.76. The number of amides is 1. The summed E-state index contributed by atoms with van der Waals surface area (Å²) in [5, 5.41) is 4.27. The number of rotatable bonds is 8. The summed E-state index contributed by atoms with van der Waals surface area (Å²) >= 11 is 0.